The highest BCUT2D eigenvalue weighted by molar-refractivity contribution is 8.15. The number of hydrogen-bond acceptors (Lipinski definition) is 5. The molecular weight excluding hydrogens is 298 g/mol. The fourth-order valence-electron chi connectivity index (χ4n) is 1.53. The van der Waals surface area contributed by atoms with Crippen LogP contribution in [0.15, 0.2) is 29.2 Å². The van der Waals surface area contributed by atoms with E-state index in [2.05, 4.69) is 5.32 Å². The second-order valence-corrected chi connectivity index (χ2v) is 7.41. The van der Waals surface area contributed by atoms with E-state index in [0.717, 1.165) is 17.3 Å². The lowest BCUT2D eigenvalue weighted by Gasteiger charge is -2.05. The lowest BCUT2D eigenvalue weighted by atomic mass is 10.1. The van der Waals surface area contributed by atoms with Crippen LogP contribution in [-0.4, -0.2) is 24.8 Å². The first-order valence-electron chi connectivity index (χ1n) is 4.91. The predicted molar refractivity (Wildman–Crippen MR) is 68.1 cm³/mol. The summed E-state index contributed by atoms with van der Waals surface area (Å²) in [5.74, 6) is -0.320. The van der Waals surface area contributed by atoms with Gasteiger partial charge in [-0.1, -0.05) is 23.9 Å². The van der Waals surface area contributed by atoms with Gasteiger partial charge in [0.2, 0.25) is 5.91 Å². The Labute approximate surface area is 112 Å². The zero-order chi connectivity index (χ0) is 13.3. The van der Waals surface area contributed by atoms with Gasteiger partial charge in [0.15, 0.2) is 0 Å². The summed E-state index contributed by atoms with van der Waals surface area (Å²) in [6.45, 7) is 0. The van der Waals surface area contributed by atoms with E-state index in [9.17, 15) is 18.0 Å². The van der Waals surface area contributed by atoms with E-state index in [4.69, 9.17) is 10.7 Å². The summed E-state index contributed by atoms with van der Waals surface area (Å²) in [5.41, 5.74) is 0.765. The Kier molecular flexibility index (Phi) is 3.65. The number of benzene rings is 1. The van der Waals surface area contributed by atoms with Gasteiger partial charge in [0.05, 0.1) is 10.1 Å². The van der Waals surface area contributed by atoms with E-state index in [1.165, 1.54) is 12.1 Å². The average molecular weight is 306 g/mol. The second-order valence-electron chi connectivity index (χ2n) is 3.67. The van der Waals surface area contributed by atoms with Gasteiger partial charge in [0.1, 0.15) is 0 Å². The molecule has 1 fully saturated rings. The molecule has 96 valence electrons. The molecule has 0 bridgehead atoms. The van der Waals surface area contributed by atoms with Gasteiger partial charge in [-0.25, -0.2) is 8.42 Å². The molecule has 1 unspecified atom stereocenters. The third-order valence-electron chi connectivity index (χ3n) is 2.39. The van der Waals surface area contributed by atoms with Crippen molar-refractivity contribution in [3.8, 4) is 0 Å². The number of nitrogens with one attached hydrogen (secondary N) is 1. The Balaban J connectivity index is 2.12. The fraction of sp³-hybridized carbons (Fsp3) is 0.200. The number of carbonyl (C=O) groups excluding carboxylic acids is 2. The summed E-state index contributed by atoms with van der Waals surface area (Å²) >= 11 is 0.934. The molecule has 1 heterocycles. The topological polar surface area (TPSA) is 80.3 Å². The highest BCUT2D eigenvalue weighted by Gasteiger charge is 2.31. The lowest BCUT2D eigenvalue weighted by Crippen LogP contribution is -2.25. The largest absolute Gasteiger partial charge is 0.286 e. The van der Waals surface area contributed by atoms with E-state index in [0.29, 0.717) is 6.42 Å². The molecule has 2 rings (SSSR count). The van der Waals surface area contributed by atoms with Crippen molar-refractivity contribution < 1.29 is 18.0 Å². The molecule has 8 heteroatoms. The van der Waals surface area contributed by atoms with Gasteiger partial charge in [0, 0.05) is 10.7 Å². The third kappa shape index (κ3) is 3.04. The Hall–Kier alpha value is -1.05. The number of halogens is 1. The van der Waals surface area contributed by atoms with Crippen molar-refractivity contribution in [3.63, 3.8) is 0 Å². The fourth-order valence-corrected chi connectivity index (χ4v) is 3.16. The number of imide groups is 1. The highest BCUT2D eigenvalue weighted by atomic mass is 35.7. The van der Waals surface area contributed by atoms with Crippen LogP contribution in [-0.2, 0) is 20.3 Å². The summed E-state index contributed by atoms with van der Waals surface area (Å²) in [6.07, 6.45) is 0.366. The molecule has 5 nitrogen and oxygen atoms in total. The van der Waals surface area contributed by atoms with Crippen molar-refractivity contribution in [2.45, 2.75) is 16.6 Å². The zero-order valence-corrected chi connectivity index (χ0v) is 11.3. The standard InChI is InChI=1S/C10H8ClNO4S2/c11-18(15,16)7-3-1-6(2-4-7)5-8-9(13)12-10(14)17-8/h1-4,8H,5H2,(H,12,13,14). The molecule has 0 aliphatic carbocycles. The first kappa shape index (κ1) is 13.4. The first-order valence-corrected chi connectivity index (χ1v) is 8.10. The quantitative estimate of drug-likeness (QED) is 0.856. The van der Waals surface area contributed by atoms with E-state index in [1.54, 1.807) is 12.1 Å². The molecule has 0 saturated carbocycles. The summed E-state index contributed by atoms with van der Waals surface area (Å²) < 4.78 is 22.1. The van der Waals surface area contributed by atoms with E-state index in [1.807, 2.05) is 0 Å². The van der Waals surface area contributed by atoms with Gasteiger partial charge in [-0.05, 0) is 24.1 Å². The maximum Gasteiger partial charge on any atom is 0.286 e. The molecule has 1 saturated heterocycles. The molecule has 1 aliphatic heterocycles. The minimum Gasteiger partial charge on any atom is -0.286 e. The number of amides is 2. The first-order chi connectivity index (χ1) is 8.36. The molecular formula is C10H8ClNO4S2. The normalized spacial score (nSPS) is 19.9. The van der Waals surface area contributed by atoms with Crippen molar-refractivity contribution in [1.82, 2.24) is 5.32 Å². The summed E-state index contributed by atoms with van der Waals surface area (Å²) in [4.78, 5) is 22.3. The Morgan fingerprint density at radius 3 is 2.28 bits per heavy atom. The second kappa shape index (κ2) is 4.91. The van der Waals surface area contributed by atoms with Crippen LogP contribution in [0.3, 0.4) is 0 Å². The van der Waals surface area contributed by atoms with Gasteiger partial charge in [-0.3, -0.25) is 14.9 Å². The summed E-state index contributed by atoms with van der Waals surface area (Å²) in [6, 6.07) is 5.89. The van der Waals surface area contributed by atoms with Crippen LogP contribution in [0.4, 0.5) is 4.79 Å². The van der Waals surface area contributed by atoms with Gasteiger partial charge < -0.3 is 0 Å². The van der Waals surface area contributed by atoms with E-state index >= 15 is 0 Å². The van der Waals surface area contributed by atoms with Crippen molar-refractivity contribution >= 4 is 42.6 Å². The number of rotatable bonds is 3. The van der Waals surface area contributed by atoms with Crippen molar-refractivity contribution in [2.75, 3.05) is 0 Å². The maximum absolute atomic E-state index is 11.3. The van der Waals surface area contributed by atoms with E-state index < -0.39 is 14.3 Å². The molecule has 1 aromatic rings. The molecule has 1 N–H and O–H groups in total. The van der Waals surface area contributed by atoms with Crippen LogP contribution in [0.2, 0.25) is 0 Å². The molecule has 0 spiro atoms. The molecule has 0 aromatic heterocycles. The van der Waals surface area contributed by atoms with Crippen LogP contribution >= 0.6 is 22.4 Å². The average Bonchev–Trinajstić information content (AvgIpc) is 2.57. The minimum atomic E-state index is -3.73. The Bertz CT molecular complexity index is 597. The monoisotopic (exact) mass is 305 g/mol. The number of carbonyl (C=O) groups is 2. The smallest absolute Gasteiger partial charge is 0.286 e. The lowest BCUT2D eigenvalue weighted by molar-refractivity contribution is -0.118. The number of hydrogen-bond donors (Lipinski definition) is 1. The predicted octanol–water partition coefficient (Wildman–Crippen LogP) is 1.51. The Morgan fingerprint density at radius 2 is 1.83 bits per heavy atom. The van der Waals surface area contributed by atoms with Gasteiger partial charge >= 0.3 is 0 Å². The van der Waals surface area contributed by atoms with Crippen LogP contribution in [0.25, 0.3) is 0 Å². The SMILES string of the molecule is O=C1NC(=O)C(Cc2ccc(S(=O)(=O)Cl)cc2)S1. The number of thioether (sulfide) groups is 1. The molecule has 1 aromatic carbocycles. The highest BCUT2D eigenvalue weighted by Crippen LogP contribution is 2.23. The summed E-state index contributed by atoms with van der Waals surface area (Å²) in [7, 11) is 1.45. The van der Waals surface area contributed by atoms with Crippen LogP contribution in [0.5, 0.6) is 0 Å². The van der Waals surface area contributed by atoms with Crippen molar-refractivity contribution in [3.05, 3.63) is 29.8 Å². The molecule has 1 atom stereocenters. The Morgan fingerprint density at radius 1 is 1.22 bits per heavy atom. The van der Waals surface area contributed by atoms with E-state index in [-0.39, 0.29) is 16.0 Å². The van der Waals surface area contributed by atoms with Gasteiger partial charge in [-0.2, -0.15) is 0 Å². The van der Waals surface area contributed by atoms with Crippen LogP contribution in [0.1, 0.15) is 5.56 Å². The molecule has 1 aliphatic rings. The van der Waals surface area contributed by atoms with Crippen molar-refractivity contribution in [1.29, 1.82) is 0 Å². The van der Waals surface area contributed by atoms with Crippen LogP contribution < -0.4 is 5.32 Å². The zero-order valence-electron chi connectivity index (χ0n) is 8.92. The van der Waals surface area contributed by atoms with Gasteiger partial charge in [0.25, 0.3) is 14.3 Å². The summed E-state index contributed by atoms with van der Waals surface area (Å²) in [5, 5.41) is 1.37. The van der Waals surface area contributed by atoms with Crippen molar-refractivity contribution in [2.24, 2.45) is 0 Å². The molecule has 18 heavy (non-hydrogen) atoms. The molecule has 2 amide bonds. The van der Waals surface area contributed by atoms with Gasteiger partial charge in [-0.15, -0.1) is 0 Å². The third-order valence-corrected chi connectivity index (χ3v) is 4.74. The maximum atomic E-state index is 11.3. The van der Waals surface area contributed by atoms with Crippen LogP contribution in [0, 0.1) is 0 Å². The minimum absolute atomic E-state index is 0.00696. The molecule has 0 radical (unpaired) electrons.